The summed E-state index contributed by atoms with van der Waals surface area (Å²) in [5.41, 5.74) is 5.93. The van der Waals surface area contributed by atoms with E-state index in [1.54, 1.807) is 33.5 Å². The summed E-state index contributed by atoms with van der Waals surface area (Å²) in [5, 5.41) is 9.67. The van der Waals surface area contributed by atoms with Crippen molar-refractivity contribution in [3.8, 4) is 34.1 Å². The third-order valence-corrected chi connectivity index (χ3v) is 5.65. The fourth-order valence-corrected chi connectivity index (χ4v) is 4.04. The lowest BCUT2D eigenvalue weighted by Gasteiger charge is -2.29. The van der Waals surface area contributed by atoms with Crippen LogP contribution in [0.15, 0.2) is 54.6 Å². The summed E-state index contributed by atoms with van der Waals surface area (Å²) < 4.78 is 16.3. The number of aromatic hydroxyl groups is 1. The van der Waals surface area contributed by atoms with Gasteiger partial charge in [0.1, 0.15) is 11.5 Å². The predicted octanol–water partition coefficient (Wildman–Crippen LogP) is 4.64. The molecule has 0 aliphatic carbocycles. The fraction of sp³-hybridized carbons (Fsp3) is 0.280. The zero-order valence-corrected chi connectivity index (χ0v) is 17.6. The topological polar surface area (TPSA) is 51.2 Å². The van der Waals surface area contributed by atoms with E-state index in [4.69, 9.17) is 14.2 Å². The Morgan fingerprint density at radius 3 is 2.13 bits per heavy atom. The van der Waals surface area contributed by atoms with Crippen LogP contribution in [0.1, 0.15) is 16.7 Å². The van der Waals surface area contributed by atoms with E-state index in [1.807, 2.05) is 6.07 Å². The largest absolute Gasteiger partial charge is 0.508 e. The summed E-state index contributed by atoms with van der Waals surface area (Å²) in [6.07, 6.45) is 0.998. The molecule has 0 bridgehead atoms. The first-order chi connectivity index (χ1) is 14.6. The van der Waals surface area contributed by atoms with Gasteiger partial charge in [-0.25, -0.2) is 0 Å². The molecular weight excluding hydrogens is 378 g/mol. The Balaban J connectivity index is 1.48. The van der Waals surface area contributed by atoms with Crippen LogP contribution in [0.2, 0.25) is 0 Å². The van der Waals surface area contributed by atoms with E-state index in [0.29, 0.717) is 5.75 Å². The number of phenols is 1. The molecule has 3 aromatic rings. The third-order valence-electron chi connectivity index (χ3n) is 5.65. The van der Waals surface area contributed by atoms with Gasteiger partial charge in [0.05, 0.1) is 21.3 Å². The Bertz CT molecular complexity index is 1030. The summed E-state index contributed by atoms with van der Waals surface area (Å²) in [6.45, 7) is 2.79. The van der Waals surface area contributed by atoms with Crippen molar-refractivity contribution < 1.29 is 19.3 Å². The molecule has 1 heterocycles. The van der Waals surface area contributed by atoms with Gasteiger partial charge in [-0.05, 0) is 52.9 Å². The number of methoxy groups -OCH3 is 3. The summed E-state index contributed by atoms with van der Waals surface area (Å²) >= 11 is 0. The molecule has 5 nitrogen and oxygen atoms in total. The quantitative estimate of drug-likeness (QED) is 0.647. The highest BCUT2D eigenvalue weighted by Gasteiger charge is 2.19. The summed E-state index contributed by atoms with van der Waals surface area (Å²) in [5.74, 6) is 2.45. The van der Waals surface area contributed by atoms with E-state index in [9.17, 15) is 5.11 Å². The average Bonchev–Trinajstić information content (AvgIpc) is 2.78. The Kier molecular flexibility index (Phi) is 5.81. The number of fused-ring (bicyclic) bond motifs is 1. The number of ether oxygens (including phenoxy) is 3. The SMILES string of the molecule is COc1cc2c(cc1OC)CN(Cc1ccc(-c3ccc(O)cc3OC)cc1)CC2. The summed E-state index contributed by atoms with van der Waals surface area (Å²) in [7, 11) is 4.97. The summed E-state index contributed by atoms with van der Waals surface area (Å²) in [4.78, 5) is 2.45. The van der Waals surface area contributed by atoms with Crippen molar-refractivity contribution in [3.05, 3.63) is 71.3 Å². The minimum absolute atomic E-state index is 0.201. The van der Waals surface area contributed by atoms with E-state index in [0.717, 1.165) is 48.7 Å². The molecule has 5 heteroatoms. The number of benzene rings is 3. The molecule has 0 atom stereocenters. The van der Waals surface area contributed by atoms with E-state index in [-0.39, 0.29) is 5.75 Å². The Morgan fingerprint density at radius 1 is 0.800 bits per heavy atom. The van der Waals surface area contributed by atoms with Gasteiger partial charge in [0.25, 0.3) is 0 Å². The first kappa shape index (κ1) is 20.1. The Morgan fingerprint density at radius 2 is 1.47 bits per heavy atom. The third kappa shape index (κ3) is 4.07. The van der Waals surface area contributed by atoms with Crippen molar-refractivity contribution in [2.24, 2.45) is 0 Å². The van der Waals surface area contributed by atoms with Crippen molar-refractivity contribution in [1.29, 1.82) is 0 Å². The monoisotopic (exact) mass is 405 g/mol. The lowest BCUT2D eigenvalue weighted by molar-refractivity contribution is 0.244. The molecule has 0 amide bonds. The number of hydrogen-bond acceptors (Lipinski definition) is 5. The molecule has 4 rings (SSSR count). The van der Waals surface area contributed by atoms with Crippen LogP contribution in [0, 0.1) is 0 Å². The van der Waals surface area contributed by atoms with Crippen molar-refractivity contribution in [1.82, 2.24) is 4.90 Å². The van der Waals surface area contributed by atoms with Crippen LogP contribution in [0.4, 0.5) is 0 Å². The number of phenolic OH excluding ortho intramolecular Hbond substituents is 1. The van der Waals surface area contributed by atoms with E-state index < -0.39 is 0 Å². The van der Waals surface area contributed by atoms with Crippen molar-refractivity contribution in [2.75, 3.05) is 27.9 Å². The fourth-order valence-electron chi connectivity index (χ4n) is 4.04. The maximum Gasteiger partial charge on any atom is 0.161 e. The zero-order valence-electron chi connectivity index (χ0n) is 17.6. The van der Waals surface area contributed by atoms with Gasteiger partial charge < -0.3 is 19.3 Å². The normalized spacial score (nSPS) is 13.6. The molecule has 0 saturated carbocycles. The van der Waals surface area contributed by atoms with Gasteiger partial charge in [-0.15, -0.1) is 0 Å². The smallest absolute Gasteiger partial charge is 0.161 e. The van der Waals surface area contributed by atoms with Gasteiger partial charge in [0, 0.05) is 31.3 Å². The molecule has 0 fully saturated rings. The first-order valence-electron chi connectivity index (χ1n) is 10.0. The second kappa shape index (κ2) is 8.67. The van der Waals surface area contributed by atoms with Gasteiger partial charge in [0.2, 0.25) is 0 Å². The Labute approximate surface area is 177 Å². The molecule has 156 valence electrons. The molecule has 1 aliphatic rings. The van der Waals surface area contributed by atoms with Crippen molar-refractivity contribution >= 4 is 0 Å². The molecular formula is C25H27NO4. The van der Waals surface area contributed by atoms with Crippen LogP contribution in [0.3, 0.4) is 0 Å². The van der Waals surface area contributed by atoms with Crippen LogP contribution < -0.4 is 14.2 Å². The van der Waals surface area contributed by atoms with Gasteiger partial charge in [-0.3, -0.25) is 4.90 Å². The van der Waals surface area contributed by atoms with Gasteiger partial charge in [-0.2, -0.15) is 0 Å². The Hall–Kier alpha value is -3.18. The summed E-state index contributed by atoms with van der Waals surface area (Å²) in [6, 6.07) is 17.9. The molecule has 0 unspecified atom stereocenters. The minimum atomic E-state index is 0.201. The first-order valence-corrected chi connectivity index (χ1v) is 10.0. The number of rotatable bonds is 6. The maximum absolute atomic E-state index is 9.67. The highest BCUT2D eigenvalue weighted by atomic mass is 16.5. The molecule has 0 radical (unpaired) electrons. The van der Waals surface area contributed by atoms with E-state index in [1.165, 1.54) is 16.7 Å². The molecule has 0 aromatic heterocycles. The van der Waals surface area contributed by atoms with Crippen molar-refractivity contribution in [2.45, 2.75) is 19.5 Å². The van der Waals surface area contributed by atoms with Gasteiger partial charge in [0.15, 0.2) is 11.5 Å². The van der Waals surface area contributed by atoms with Crippen LogP contribution in [0.5, 0.6) is 23.0 Å². The highest BCUT2D eigenvalue weighted by Crippen LogP contribution is 2.35. The molecule has 1 N–H and O–H groups in total. The average molecular weight is 405 g/mol. The number of nitrogens with zero attached hydrogens (tertiary/aromatic N) is 1. The maximum atomic E-state index is 9.67. The molecule has 0 spiro atoms. The standard InChI is InChI=1S/C25H27NO4/c1-28-23-14-21(27)8-9-22(23)18-6-4-17(5-7-18)15-26-11-10-19-12-24(29-2)25(30-3)13-20(19)16-26/h4-9,12-14,27H,10-11,15-16H2,1-3H3. The molecule has 0 saturated heterocycles. The second-order valence-corrected chi connectivity index (χ2v) is 7.52. The lowest BCUT2D eigenvalue weighted by Crippen LogP contribution is -2.30. The predicted molar refractivity (Wildman–Crippen MR) is 117 cm³/mol. The highest BCUT2D eigenvalue weighted by molar-refractivity contribution is 5.71. The second-order valence-electron chi connectivity index (χ2n) is 7.52. The van der Waals surface area contributed by atoms with Crippen LogP contribution in [-0.2, 0) is 19.5 Å². The van der Waals surface area contributed by atoms with Crippen molar-refractivity contribution in [3.63, 3.8) is 0 Å². The van der Waals surface area contributed by atoms with Gasteiger partial charge in [-0.1, -0.05) is 24.3 Å². The zero-order chi connectivity index (χ0) is 21.1. The number of hydrogen-bond donors (Lipinski definition) is 1. The van der Waals surface area contributed by atoms with Crippen LogP contribution >= 0.6 is 0 Å². The van der Waals surface area contributed by atoms with Crippen LogP contribution in [0.25, 0.3) is 11.1 Å². The van der Waals surface area contributed by atoms with Gasteiger partial charge >= 0.3 is 0 Å². The lowest BCUT2D eigenvalue weighted by atomic mass is 9.98. The molecule has 1 aliphatic heterocycles. The van der Waals surface area contributed by atoms with E-state index >= 15 is 0 Å². The van der Waals surface area contributed by atoms with E-state index in [2.05, 4.69) is 41.3 Å². The molecule has 3 aromatic carbocycles. The van der Waals surface area contributed by atoms with Crippen LogP contribution in [-0.4, -0.2) is 37.9 Å². The minimum Gasteiger partial charge on any atom is -0.508 e. The molecule has 30 heavy (non-hydrogen) atoms.